The summed E-state index contributed by atoms with van der Waals surface area (Å²) in [6.07, 6.45) is 1.67. The molecular weight excluding hydrogens is 360 g/mol. The van der Waals surface area contributed by atoms with Crippen LogP contribution < -0.4 is 5.32 Å². The van der Waals surface area contributed by atoms with E-state index >= 15 is 0 Å². The second-order valence-corrected chi connectivity index (χ2v) is 6.91. The van der Waals surface area contributed by atoms with E-state index in [4.69, 9.17) is 9.78 Å². The summed E-state index contributed by atoms with van der Waals surface area (Å²) in [6, 6.07) is 12.8. The number of aromatic nitrogens is 2. The molecule has 2 heterocycles. The zero-order valence-corrected chi connectivity index (χ0v) is 15.8. The van der Waals surface area contributed by atoms with Crippen LogP contribution in [0.15, 0.2) is 52.1 Å². The van der Waals surface area contributed by atoms with Crippen LogP contribution >= 0.6 is 11.8 Å². The van der Waals surface area contributed by atoms with Gasteiger partial charge in [0, 0.05) is 24.1 Å². The number of aryl methyl sites for hydroxylation is 2. The lowest BCUT2D eigenvalue weighted by Gasteiger charge is -2.09. The maximum absolute atomic E-state index is 12.6. The molecule has 1 aromatic carbocycles. The molecule has 27 heavy (non-hydrogen) atoms. The van der Waals surface area contributed by atoms with Gasteiger partial charge in [-0.2, -0.15) is 5.26 Å². The lowest BCUT2D eigenvalue weighted by molar-refractivity contribution is 0.0947. The molecule has 1 N–H and O–H groups in total. The van der Waals surface area contributed by atoms with Crippen LogP contribution in [0, 0.1) is 25.2 Å². The van der Waals surface area contributed by atoms with Gasteiger partial charge in [0.1, 0.15) is 10.8 Å². The molecule has 7 heteroatoms. The molecule has 0 saturated heterocycles. The van der Waals surface area contributed by atoms with E-state index in [2.05, 4.69) is 21.5 Å². The van der Waals surface area contributed by atoms with Gasteiger partial charge in [-0.1, -0.05) is 17.3 Å². The Balaban J connectivity index is 1.69. The van der Waals surface area contributed by atoms with Gasteiger partial charge < -0.3 is 9.84 Å². The van der Waals surface area contributed by atoms with Gasteiger partial charge in [0.25, 0.3) is 5.91 Å². The normalized spacial score (nSPS) is 10.4. The van der Waals surface area contributed by atoms with Crippen LogP contribution in [-0.4, -0.2) is 16.0 Å². The molecule has 1 amide bonds. The molecule has 0 saturated carbocycles. The fourth-order valence-electron chi connectivity index (χ4n) is 2.56. The lowest BCUT2D eigenvalue weighted by atomic mass is 10.1. The van der Waals surface area contributed by atoms with E-state index in [1.165, 1.54) is 11.8 Å². The molecule has 0 aliphatic carbocycles. The van der Waals surface area contributed by atoms with Crippen molar-refractivity contribution in [1.82, 2.24) is 15.5 Å². The third-order valence-corrected chi connectivity index (χ3v) is 5.09. The number of benzene rings is 1. The van der Waals surface area contributed by atoms with Crippen LogP contribution in [-0.2, 0) is 12.3 Å². The summed E-state index contributed by atoms with van der Waals surface area (Å²) < 4.78 is 5.18. The number of amides is 1. The fourth-order valence-corrected chi connectivity index (χ4v) is 3.70. The summed E-state index contributed by atoms with van der Waals surface area (Å²) in [5.41, 5.74) is 3.82. The third-order valence-electron chi connectivity index (χ3n) is 4.06. The highest BCUT2D eigenvalue weighted by Crippen LogP contribution is 2.27. The number of nitrogens with zero attached hydrogens (tertiary/aromatic N) is 3. The zero-order chi connectivity index (χ0) is 19.2. The molecule has 0 atom stereocenters. The van der Waals surface area contributed by atoms with E-state index in [1.807, 2.05) is 19.9 Å². The smallest absolute Gasteiger partial charge is 0.254 e. The highest BCUT2D eigenvalue weighted by molar-refractivity contribution is 7.98. The maximum atomic E-state index is 12.6. The Kier molecular flexibility index (Phi) is 5.89. The fraction of sp³-hybridized carbons (Fsp3) is 0.200. The van der Waals surface area contributed by atoms with Gasteiger partial charge in [-0.3, -0.25) is 4.79 Å². The molecule has 3 rings (SSSR count). The van der Waals surface area contributed by atoms with Gasteiger partial charge in [0.15, 0.2) is 0 Å². The highest BCUT2D eigenvalue weighted by Gasteiger charge is 2.15. The quantitative estimate of drug-likeness (QED) is 0.656. The Morgan fingerprint density at radius 2 is 2.15 bits per heavy atom. The second kappa shape index (κ2) is 8.52. The van der Waals surface area contributed by atoms with Gasteiger partial charge in [0.2, 0.25) is 0 Å². The van der Waals surface area contributed by atoms with Crippen LogP contribution in [0.2, 0.25) is 0 Å². The standard InChI is InChI=1S/C20H18N4O2S/c1-13-18(14(2)26-24-13)12-27-20-17(7-4-8-22-20)19(25)23-11-16-6-3-5-15(9-16)10-21/h3-9H,11-12H2,1-2H3,(H,23,25). The van der Waals surface area contributed by atoms with E-state index in [1.54, 1.807) is 36.5 Å². The number of carbonyl (C=O) groups excluding carboxylic acids is 1. The Labute approximate surface area is 161 Å². The Morgan fingerprint density at radius 1 is 1.30 bits per heavy atom. The van der Waals surface area contributed by atoms with Crippen molar-refractivity contribution in [3.8, 4) is 6.07 Å². The lowest BCUT2D eigenvalue weighted by Crippen LogP contribution is -2.23. The number of thioether (sulfide) groups is 1. The number of pyridine rings is 1. The minimum Gasteiger partial charge on any atom is -0.361 e. The monoisotopic (exact) mass is 378 g/mol. The van der Waals surface area contributed by atoms with E-state index < -0.39 is 0 Å². The van der Waals surface area contributed by atoms with Crippen LogP contribution in [0.1, 0.15) is 38.5 Å². The Morgan fingerprint density at radius 3 is 2.89 bits per heavy atom. The average Bonchev–Trinajstić information content (AvgIpc) is 3.02. The average molecular weight is 378 g/mol. The van der Waals surface area contributed by atoms with E-state index in [-0.39, 0.29) is 5.91 Å². The maximum Gasteiger partial charge on any atom is 0.254 e. The first-order valence-electron chi connectivity index (χ1n) is 8.35. The SMILES string of the molecule is Cc1noc(C)c1CSc1ncccc1C(=O)NCc1cccc(C#N)c1. The molecule has 0 fully saturated rings. The molecule has 0 unspecified atom stereocenters. The summed E-state index contributed by atoms with van der Waals surface area (Å²) in [6.45, 7) is 4.11. The van der Waals surface area contributed by atoms with E-state index in [0.29, 0.717) is 28.5 Å². The van der Waals surface area contributed by atoms with Gasteiger partial charge >= 0.3 is 0 Å². The molecule has 0 radical (unpaired) electrons. The molecular formula is C20H18N4O2S. The predicted octanol–water partition coefficient (Wildman–Crippen LogP) is 3.78. The number of hydrogen-bond donors (Lipinski definition) is 1. The summed E-state index contributed by atoms with van der Waals surface area (Å²) in [5.74, 6) is 1.20. The second-order valence-electron chi connectivity index (χ2n) is 5.94. The summed E-state index contributed by atoms with van der Waals surface area (Å²) in [5, 5.41) is 16.5. The van der Waals surface area contributed by atoms with Gasteiger partial charge in [-0.05, 0) is 43.7 Å². The molecule has 0 aliphatic rings. The molecule has 0 bridgehead atoms. The van der Waals surface area contributed by atoms with Crippen molar-refractivity contribution in [2.75, 3.05) is 0 Å². The van der Waals surface area contributed by atoms with Crippen molar-refractivity contribution in [2.45, 2.75) is 31.2 Å². The highest BCUT2D eigenvalue weighted by atomic mass is 32.2. The van der Waals surface area contributed by atoms with Crippen LogP contribution in [0.5, 0.6) is 0 Å². The third kappa shape index (κ3) is 4.54. The van der Waals surface area contributed by atoms with E-state index in [9.17, 15) is 4.79 Å². The summed E-state index contributed by atoms with van der Waals surface area (Å²) in [4.78, 5) is 17.0. The van der Waals surface area contributed by atoms with Gasteiger partial charge in [0.05, 0.1) is 22.9 Å². The molecule has 0 aliphatic heterocycles. The number of hydrogen-bond acceptors (Lipinski definition) is 6. The molecule has 3 aromatic rings. The molecule has 6 nitrogen and oxygen atoms in total. The molecule has 2 aromatic heterocycles. The van der Waals surface area contributed by atoms with Crippen molar-refractivity contribution in [2.24, 2.45) is 0 Å². The van der Waals surface area contributed by atoms with Crippen molar-refractivity contribution in [1.29, 1.82) is 5.26 Å². The zero-order valence-electron chi connectivity index (χ0n) is 15.0. The van der Waals surface area contributed by atoms with Crippen molar-refractivity contribution in [3.63, 3.8) is 0 Å². The van der Waals surface area contributed by atoms with Crippen molar-refractivity contribution < 1.29 is 9.32 Å². The number of nitriles is 1. The minimum atomic E-state index is -0.202. The predicted molar refractivity (Wildman–Crippen MR) is 102 cm³/mol. The molecule has 136 valence electrons. The van der Waals surface area contributed by atoms with E-state index in [0.717, 1.165) is 22.6 Å². The van der Waals surface area contributed by atoms with Crippen LogP contribution in [0.4, 0.5) is 0 Å². The summed E-state index contributed by atoms with van der Waals surface area (Å²) >= 11 is 1.47. The number of nitrogens with one attached hydrogen (secondary N) is 1. The summed E-state index contributed by atoms with van der Waals surface area (Å²) in [7, 11) is 0. The largest absolute Gasteiger partial charge is 0.361 e. The first-order valence-corrected chi connectivity index (χ1v) is 9.34. The Hall–Kier alpha value is -3.11. The Bertz CT molecular complexity index is 988. The minimum absolute atomic E-state index is 0.202. The van der Waals surface area contributed by atoms with Gasteiger partial charge in [-0.15, -0.1) is 11.8 Å². The van der Waals surface area contributed by atoms with Crippen LogP contribution in [0.25, 0.3) is 0 Å². The van der Waals surface area contributed by atoms with Crippen molar-refractivity contribution in [3.05, 3.63) is 76.3 Å². The topological polar surface area (TPSA) is 91.8 Å². The first kappa shape index (κ1) is 18.7. The first-order chi connectivity index (χ1) is 13.1. The molecule has 0 spiro atoms. The van der Waals surface area contributed by atoms with Crippen molar-refractivity contribution >= 4 is 17.7 Å². The van der Waals surface area contributed by atoms with Crippen LogP contribution in [0.3, 0.4) is 0 Å². The number of carbonyl (C=O) groups is 1. The number of rotatable bonds is 6. The van der Waals surface area contributed by atoms with Gasteiger partial charge in [-0.25, -0.2) is 4.98 Å².